The molecule has 0 aromatic heterocycles. The monoisotopic (exact) mass is 238 g/mol. The largest absolute Gasteiger partial charge is 0.393 e. The van der Waals surface area contributed by atoms with Crippen molar-refractivity contribution in [1.82, 2.24) is 0 Å². The van der Waals surface area contributed by atoms with Crippen LogP contribution in [0.25, 0.3) is 0 Å². The molecule has 0 radical (unpaired) electrons. The second-order valence-electron chi connectivity index (χ2n) is 4.31. The lowest BCUT2D eigenvalue weighted by atomic mass is 10.0. The third-order valence-corrected chi connectivity index (χ3v) is 2.69. The molecule has 1 aromatic rings. The standard InChI is InChI=1S/C14H19FO2/c1-2-3-13(16)10-14(17)9-6-11-4-7-12(15)8-5-11/h4-5,7-8,13,16H,2-3,6,9-10H2,1H3. The summed E-state index contributed by atoms with van der Waals surface area (Å²) in [6.45, 7) is 1.98. The Morgan fingerprint density at radius 1 is 1.35 bits per heavy atom. The molecule has 1 aromatic carbocycles. The molecule has 0 fully saturated rings. The Hall–Kier alpha value is -1.22. The van der Waals surface area contributed by atoms with Gasteiger partial charge in [0.25, 0.3) is 0 Å². The van der Waals surface area contributed by atoms with Crippen molar-refractivity contribution in [3.63, 3.8) is 0 Å². The lowest BCUT2D eigenvalue weighted by molar-refractivity contribution is -0.121. The van der Waals surface area contributed by atoms with Crippen molar-refractivity contribution in [3.8, 4) is 0 Å². The number of rotatable bonds is 7. The highest BCUT2D eigenvalue weighted by Gasteiger charge is 2.09. The molecule has 0 spiro atoms. The summed E-state index contributed by atoms with van der Waals surface area (Å²) in [5.74, 6) is -0.200. The zero-order valence-corrected chi connectivity index (χ0v) is 10.2. The normalized spacial score (nSPS) is 12.4. The minimum atomic E-state index is -0.513. The molecule has 2 nitrogen and oxygen atoms in total. The van der Waals surface area contributed by atoms with Gasteiger partial charge in [-0.25, -0.2) is 4.39 Å². The second kappa shape index (κ2) is 7.17. The molecule has 3 heteroatoms. The van der Waals surface area contributed by atoms with Crippen LogP contribution in [-0.2, 0) is 11.2 Å². The van der Waals surface area contributed by atoms with Crippen LogP contribution in [0.5, 0.6) is 0 Å². The Kier molecular flexibility index (Phi) is 5.84. The van der Waals surface area contributed by atoms with Gasteiger partial charge in [0.05, 0.1) is 6.10 Å². The Bertz CT molecular complexity index is 346. The van der Waals surface area contributed by atoms with E-state index in [1.807, 2.05) is 6.92 Å². The van der Waals surface area contributed by atoms with Gasteiger partial charge in [-0.05, 0) is 30.5 Å². The maximum Gasteiger partial charge on any atom is 0.135 e. The number of hydrogen-bond acceptors (Lipinski definition) is 2. The summed E-state index contributed by atoms with van der Waals surface area (Å²) >= 11 is 0. The minimum absolute atomic E-state index is 0.0651. The zero-order valence-electron chi connectivity index (χ0n) is 10.2. The first-order valence-electron chi connectivity index (χ1n) is 6.06. The number of aliphatic hydroxyl groups is 1. The smallest absolute Gasteiger partial charge is 0.135 e. The fourth-order valence-electron chi connectivity index (χ4n) is 1.73. The van der Waals surface area contributed by atoms with Gasteiger partial charge in [-0.15, -0.1) is 0 Å². The number of ketones is 1. The first-order valence-corrected chi connectivity index (χ1v) is 6.06. The Morgan fingerprint density at radius 2 is 2.00 bits per heavy atom. The second-order valence-corrected chi connectivity index (χ2v) is 4.31. The molecule has 0 aliphatic carbocycles. The molecule has 0 aliphatic heterocycles. The van der Waals surface area contributed by atoms with Gasteiger partial charge in [0, 0.05) is 12.8 Å². The van der Waals surface area contributed by atoms with Gasteiger partial charge in [-0.1, -0.05) is 25.5 Å². The van der Waals surface area contributed by atoms with Gasteiger partial charge in [-0.3, -0.25) is 4.79 Å². The number of Topliss-reactive ketones (excluding diaryl/α,β-unsaturated/α-hetero) is 1. The van der Waals surface area contributed by atoms with Crippen LogP contribution in [0.1, 0.15) is 38.2 Å². The molecular weight excluding hydrogens is 219 g/mol. The molecule has 1 N–H and O–H groups in total. The number of aliphatic hydroxyl groups excluding tert-OH is 1. The van der Waals surface area contributed by atoms with Crippen LogP contribution >= 0.6 is 0 Å². The van der Waals surface area contributed by atoms with E-state index in [9.17, 15) is 14.3 Å². The quantitative estimate of drug-likeness (QED) is 0.793. The topological polar surface area (TPSA) is 37.3 Å². The van der Waals surface area contributed by atoms with Crippen LogP contribution in [0.15, 0.2) is 24.3 Å². The maximum atomic E-state index is 12.6. The highest BCUT2D eigenvalue weighted by atomic mass is 19.1. The molecule has 1 unspecified atom stereocenters. The van der Waals surface area contributed by atoms with E-state index < -0.39 is 6.10 Å². The molecule has 0 saturated heterocycles. The maximum absolute atomic E-state index is 12.6. The van der Waals surface area contributed by atoms with Crippen molar-refractivity contribution >= 4 is 5.78 Å². The summed E-state index contributed by atoms with van der Waals surface area (Å²) in [6.07, 6.45) is 2.29. The molecular formula is C14H19FO2. The van der Waals surface area contributed by atoms with Crippen molar-refractivity contribution in [1.29, 1.82) is 0 Å². The zero-order chi connectivity index (χ0) is 12.7. The van der Waals surface area contributed by atoms with Crippen LogP contribution in [-0.4, -0.2) is 17.0 Å². The SMILES string of the molecule is CCCC(O)CC(=O)CCc1ccc(F)cc1. The first-order chi connectivity index (χ1) is 8.11. The van der Waals surface area contributed by atoms with E-state index in [2.05, 4.69) is 0 Å². The average Bonchev–Trinajstić information content (AvgIpc) is 2.28. The molecule has 94 valence electrons. The molecule has 0 heterocycles. The number of hydrogen-bond donors (Lipinski definition) is 1. The average molecular weight is 238 g/mol. The van der Waals surface area contributed by atoms with Crippen molar-refractivity contribution in [2.75, 3.05) is 0 Å². The van der Waals surface area contributed by atoms with Crippen LogP contribution in [0.4, 0.5) is 4.39 Å². The summed E-state index contributed by atoms with van der Waals surface area (Å²) in [5, 5.41) is 9.48. The number of carbonyl (C=O) groups excluding carboxylic acids is 1. The highest BCUT2D eigenvalue weighted by molar-refractivity contribution is 5.79. The van der Waals surface area contributed by atoms with E-state index in [0.29, 0.717) is 19.3 Å². The molecule has 0 amide bonds. The van der Waals surface area contributed by atoms with E-state index in [4.69, 9.17) is 0 Å². The first kappa shape index (κ1) is 13.8. The molecule has 17 heavy (non-hydrogen) atoms. The fourth-order valence-corrected chi connectivity index (χ4v) is 1.73. The van der Waals surface area contributed by atoms with Gasteiger partial charge in [0.1, 0.15) is 11.6 Å². The van der Waals surface area contributed by atoms with E-state index in [1.165, 1.54) is 12.1 Å². The third-order valence-electron chi connectivity index (χ3n) is 2.69. The Balaban J connectivity index is 2.30. The Labute approximate surface area is 101 Å². The van der Waals surface area contributed by atoms with Crippen LogP contribution in [0.3, 0.4) is 0 Å². The molecule has 0 saturated carbocycles. The number of carbonyl (C=O) groups is 1. The Morgan fingerprint density at radius 3 is 2.59 bits per heavy atom. The summed E-state index contributed by atoms with van der Waals surface area (Å²) in [4.78, 5) is 11.5. The van der Waals surface area contributed by atoms with Crippen molar-refractivity contribution in [2.24, 2.45) is 0 Å². The summed E-state index contributed by atoms with van der Waals surface area (Å²) in [7, 11) is 0. The van der Waals surface area contributed by atoms with Gasteiger partial charge >= 0.3 is 0 Å². The van der Waals surface area contributed by atoms with Gasteiger partial charge in [0.2, 0.25) is 0 Å². The molecule has 1 atom stereocenters. The number of benzene rings is 1. The van der Waals surface area contributed by atoms with Crippen LogP contribution in [0, 0.1) is 5.82 Å². The predicted molar refractivity (Wildman–Crippen MR) is 65.3 cm³/mol. The molecule has 0 bridgehead atoms. The van der Waals surface area contributed by atoms with E-state index in [-0.39, 0.29) is 18.0 Å². The van der Waals surface area contributed by atoms with E-state index >= 15 is 0 Å². The minimum Gasteiger partial charge on any atom is -0.393 e. The van der Waals surface area contributed by atoms with Gasteiger partial charge in [-0.2, -0.15) is 0 Å². The molecule has 1 rings (SSSR count). The van der Waals surface area contributed by atoms with Crippen molar-refractivity contribution < 1.29 is 14.3 Å². The lowest BCUT2D eigenvalue weighted by Crippen LogP contribution is -2.13. The number of halogens is 1. The van der Waals surface area contributed by atoms with Crippen LogP contribution in [0.2, 0.25) is 0 Å². The highest BCUT2D eigenvalue weighted by Crippen LogP contribution is 2.09. The predicted octanol–water partition coefficient (Wildman–Crippen LogP) is 2.88. The third kappa shape index (κ3) is 5.59. The van der Waals surface area contributed by atoms with E-state index in [1.54, 1.807) is 12.1 Å². The number of aryl methyl sites for hydroxylation is 1. The summed E-state index contributed by atoms with van der Waals surface area (Å²) in [5.41, 5.74) is 0.949. The van der Waals surface area contributed by atoms with Gasteiger partial charge < -0.3 is 5.11 Å². The fraction of sp³-hybridized carbons (Fsp3) is 0.500. The summed E-state index contributed by atoms with van der Waals surface area (Å²) in [6, 6.07) is 6.16. The van der Waals surface area contributed by atoms with Crippen LogP contribution < -0.4 is 0 Å². The van der Waals surface area contributed by atoms with Crippen molar-refractivity contribution in [3.05, 3.63) is 35.6 Å². The van der Waals surface area contributed by atoms with E-state index in [0.717, 1.165) is 12.0 Å². The lowest BCUT2D eigenvalue weighted by Gasteiger charge is -2.07. The van der Waals surface area contributed by atoms with Crippen molar-refractivity contribution in [2.45, 2.75) is 45.1 Å². The summed E-state index contributed by atoms with van der Waals surface area (Å²) < 4.78 is 12.6. The van der Waals surface area contributed by atoms with Gasteiger partial charge in [0.15, 0.2) is 0 Å². The molecule has 0 aliphatic rings.